The van der Waals surface area contributed by atoms with Gasteiger partial charge in [0.1, 0.15) is 0 Å². The summed E-state index contributed by atoms with van der Waals surface area (Å²) in [6.45, 7) is 0. The van der Waals surface area contributed by atoms with Crippen molar-refractivity contribution >= 4 is 71.2 Å². The Bertz CT molecular complexity index is 4020. The first-order chi connectivity index (χ1) is 33.7. The Labute approximate surface area is 395 Å². The summed E-state index contributed by atoms with van der Waals surface area (Å²) >= 11 is 0. The van der Waals surface area contributed by atoms with Crippen LogP contribution in [0.5, 0.6) is 0 Å². The fraction of sp³-hybridized carbons (Fsp3) is 0. The zero-order valence-corrected chi connectivity index (χ0v) is 37.3. The smallest absolute Gasteiger partial charge is 0.0547 e. The second kappa shape index (κ2) is 16.5. The lowest BCUT2D eigenvalue weighted by molar-refractivity contribution is 1.18. The van der Waals surface area contributed by atoms with Gasteiger partial charge in [-0.2, -0.15) is 0 Å². The lowest BCUT2D eigenvalue weighted by Crippen LogP contribution is -2.12. The van der Waals surface area contributed by atoms with E-state index in [0.29, 0.717) is 0 Å². The summed E-state index contributed by atoms with van der Waals surface area (Å²) in [6, 6.07) is 97.8. The topological polar surface area (TPSA) is 8.17 Å². The fourth-order valence-corrected chi connectivity index (χ4v) is 10.5. The maximum atomic E-state index is 2.48. The van der Waals surface area contributed by atoms with Gasteiger partial charge in [0, 0.05) is 33.3 Å². The number of benzene rings is 12. The second-order valence-corrected chi connectivity index (χ2v) is 17.7. The van der Waals surface area contributed by atoms with E-state index in [1.165, 1.54) is 81.9 Å². The highest BCUT2D eigenvalue weighted by molar-refractivity contribution is 6.14. The lowest BCUT2D eigenvalue weighted by atomic mass is 9.91. The molecule has 0 aliphatic heterocycles. The molecule has 0 unspecified atom stereocenters. The van der Waals surface area contributed by atoms with Crippen molar-refractivity contribution in [1.29, 1.82) is 0 Å². The van der Waals surface area contributed by atoms with E-state index in [2.05, 4.69) is 276 Å². The third-order valence-electron chi connectivity index (χ3n) is 13.8. The molecule has 1 heterocycles. The van der Waals surface area contributed by atoms with Crippen LogP contribution in [-0.4, -0.2) is 4.57 Å². The number of aromatic nitrogens is 1. The number of hydrogen-bond donors (Lipinski definition) is 0. The molecule has 12 aromatic carbocycles. The maximum Gasteiger partial charge on any atom is 0.0547 e. The van der Waals surface area contributed by atoms with Gasteiger partial charge in [0.05, 0.1) is 22.4 Å². The SMILES string of the molecule is c1ccc(-c2ccc(-n3c4ccccc4c4cc5ccccc5cc43)cc2-c2ccccc2N(c2ccc(-c3ccc4ccccc4c3)cc2)c2ccccc2-c2cccc3ccccc23)cc1. The van der Waals surface area contributed by atoms with Crippen molar-refractivity contribution in [3.63, 3.8) is 0 Å². The normalized spacial score (nSPS) is 11.5. The lowest BCUT2D eigenvalue weighted by Gasteiger charge is -2.31. The van der Waals surface area contributed by atoms with Gasteiger partial charge in [0.25, 0.3) is 0 Å². The summed E-state index contributed by atoms with van der Waals surface area (Å²) in [7, 11) is 0. The number of para-hydroxylation sites is 3. The predicted molar refractivity (Wildman–Crippen MR) is 290 cm³/mol. The first-order valence-electron chi connectivity index (χ1n) is 23.4. The van der Waals surface area contributed by atoms with E-state index in [1.54, 1.807) is 0 Å². The summed E-state index contributed by atoms with van der Waals surface area (Å²) in [5, 5.41) is 9.87. The van der Waals surface area contributed by atoms with E-state index in [4.69, 9.17) is 0 Å². The Morgan fingerprint density at radius 2 is 0.809 bits per heavy atom. The van der Waals surface area contributed by atoms with Crippen LogP contribution in [0.2, 0.25) is 0 Å². The van der Waals surface area contributed by atoms with Crippen LogP contribution in [0.4, 0.5) is 17.1 Å². The standard InChI is InChI=1S/C66H44N2/c1-2-18-47(19-3-1)56-40-39-54(68-65-32-15-12-28-60(65)62-42-50-22-6-7-23-51(50)43-66(62)68)44-61(56)59-27-11-14-31-64(59)67(53-37-35-46(36-38-53)52-34-33-45-17-4-5-21-49(45)41-52)63-30-13-10-26-58(63)57-29-16-24-48-20-8-9-25-55(48)57/h1-44H. The fourth-order valence-electron chi connectivity index (χ4n) is 10.5. The molecule has 13 rings (SSSR count). The van der Waals surface area contributed by atoms with E-state index in [0.717, 1.165) is 39.4 Å². The van der Waals surface area contributed by atoms with Gasteiger partial charge in [-0.3, -0.25) is 0 Å². The molecule has 0 spiro atoms. The molecule has 0 amide bonds. The number of anilines is 3. The molecule has 68 heavy (non-hydrogen) atoms. The molecule has 0 radical (unpaired) electrons. The van der Waals surface area contributed by atoms with Gasteiger partial charge in [-0.25, -0.2) is 0 Å². The third kappa shape index (κ3) is 6.73. The Hall–Kier alpha value is -8.98. The first-order valence-corrected chi connectivity index (χ1v) is 23.4. The number of hydrogen-bond acceptors (Lipinski definition) is 1. The Balaban J connectivity index is 1.06. The molecule has 0 fully saturated rings. The van der Waals surface area contributed by atoms with E-state index in [1.807, 2.05) is 0 Å². The van der Waals surface area contributed by atoms with Gasteiger partial charge in [-0.15, -0.1) is 0 Å². The Morgan fingerprint density at radius 3 is 1.57 bits per heavy atom. The van der Waals surface area contributed by atoms with Gasteiger partial charge in [-0.1, -0.05) is 206 Å². The van der Waals surface area contributed by atoms with Crippen molar-refractivity contribution in [2.75, 3.05) is 4.90 Å². The van der Waals surface area contributed by atoms with Crippen molar-refractivity contribution in [3.8, 4) is 50.2 Å². The molecule has 13 aromatic rings. The minimum absolute atomic E-state index is 1.07. The highest BCUT2D eigenvalue weighted by atomic mass is 15.1. The van der Waals surface area contributed by atoms with Crippen molar-refractivity contribution in [3.05, 3.63) is 267 Å². The van der Waals surface area contributed by atoms with Crippen LogP contribution in [-0.2, 0) is 0 Å². The van der Waals surface area contributed by atoms with Crippen LogP contribution in [0.1, 0.15) is 0 Å². The molecule has 2 heteroatoms. The summed E-state index contributed by atoms with van der Waals surface area (Å²) in [5.74, 6) is 0. The first kappa shape index (κ1) is 39.4. The summed E-state index contributed by atoms with van der Waals surface area (Å²) in [5.41, 5.74) is 16.1. The van der Waals surface area contributed by atoms with Crippen molar-refractivity contribution in [2.45, 2.75) is 0 Å². The average Bonchev–Trinajstić information content (AvgIpc) is 3.73. The molecule has 0 N–H and O–H groups in total. The zero-order chi connectivity index (χ0) is 45.0. The van der Waals surface area contributed by atoms with Crippen LogP contribution in [0, 0.1) is 0 Å². The highest BCUT2D eigenvalue weighted by Crippen LogP contribution is 2.48. The molecule has 0 atom stereocenters. The molecular formula is C66H44N2. The van der Waals surface area contributed by atoms with Crippen LogP contribution >= 0.6 is 0 Å². The number of nitrogens with zero attached hydrogens (tertiary/aromatic N) is 2. The summed E-state index contributed by atoms with van der Waals surface area (Å²) < 4.78 is 2.46. The van der Waals surface area contributed by atoms with Crippen molar-refractivity contribution < 1.29 is 0 Å². The monoisotopic (exact) mass is 864 g/mol. The Morgan fingerprint density at radius 1 is 0.250 bits per heavy atom. The predicted octanol–water partition coefficient (Wildman–Crippen LogP) is 18.4. The van der Waals surface area contributed by atoms with E-state index in [-0.39, 0.29) is 0 Å². The maximum absolute atomic E-state index is 2.48. The molecular weight excluding hydrogens is 821 g/mol. The summed E-state index contributed by atoms with van der Waals surface area (Å²) in [4.78, 5) is 2.48. The average molecular weight is 865 g/mol. The van der Waals surface area contributed by atoms with Crippen LogP contribution in [0.15, 0.2) is 267 Å². The molecule has 0 aliphatic rings. The van der Waals surface area contributed by atoms with E-state index >= 15 is 0 Å². The van der Waals surface area contributed by atoms with Gasteiger partial charge >= 0.3 is 0 Å². The molecule has 0 aliphatic carbocycles. The summed E-state index contributed by atoms with van der Waals surface area (Å²) in [6.07, 6.45) is 0. The van der Waals surface area contributed by atoms with E-state index < -0.39 is 0 Å². The van der Waals surface area contributed by atoms with E-state index in [9.17, 15) is 0 Å². The zero-order valence-electron chi connectivity index (χ0n) is 37.3. The van der Waals surface area contributed by atoms with Gasteiger partial charge in [-0.05, 0) is 126 Å². The largest absolute Gasteiger partial charge is 0.309 e. The molecule has 0 saturated heterocycles. The molecule has 0 bridgehead atoms. The minimum Gasteiger partial charge on any atom is -0.309 e. The van der Waals surface area contributed by atoms with Crippen LogP contribution in [0.3, 0.4) is 0 Å². The molecule has 318 valence electrons. The molecule has 2 nitrogen and oxygen atoms in total. The quantitative estimate of drug-likeness (QED) is 0.148. The minimum atomic E-state index is 1.07. The highest BCUT2D eigenvalue weighted by Gasteiger charge is 2.24. The van der Waals surface area contributed by atoms with Crippen molar-refractivity contribution in [2.24, 2.45) is 0 Å². The Kier molecular flexibility index (Phi) is 9.54. The second-order valence-electron chi connectivity index (χ2n) is 17.7. The van der Waals surface area contributed by atoms with Crippen LogP contribution < -0.4 is 4.90 Å². The van der Waals surface area contributed by atoms with Gasteiger partial charge in [0.15, 0.2) is 0 Å². The molecule has 1 aromatic heterocycles. The van der Waals surface area contributed by atoms with Gasteiger partial charge < -0.3 is 9.47 Å². The van der Waals surface area contributed by atoms with Crippen LogP contribution in [0.25, 0.3) is 104 Å². The van der Waals surface area contributed by atoms with Crippen molar-refractivity contribution in [1.82, 2.24) is 4.57 Å². The number of rotatable bonds is 8. The molecule has 0 saturated carbocycles. The number of fused-ring (bicyclic) bond motifs is 6. The van der Waals surface area contributed by atoms with Gasteiger partial charge in [0.2, 0.25) is 0 Å². The third-order valence-corrected chi connectivity index (χ3v) is 13.8.